The molecule has 5 rings (SSSR count). The summed E-state index contributed by atoms with van der Waals surface area (Å²) >= 11 is 0. The van der Waals surface area contributed by atoms with Gasteiger partial charge in [-0.05, 0) is 79.1 Å². The number of hydrogen-bond donors (Lipinski definition) is 2. The SMILES string of the molecule is CC1=C(c2cccc(O)c2)[C@@H](c2ccc(OCCN3CCC(CF)C3)cc2)Oc2ccc(O)cc21. The second kappa shape index (κ2) is 10.0. The van der Waals surface area contributed by atoms with Crippen LogP contribution in [0.2, 0.25) is 0 Å². The van der Waals surface area contributed by atoms with E-state index in [1.54, 1.807) is 30.3 Å². The van der Waals surface area contributed by atoms with Crippen LogP contribution in [0.1, 0.15) is 36.1 Å². The van der Waals surface area contributed by atoms with Crippen LogP contribution in [0.15, 0.2) is 66.7 Å². The Morgan fingerprint density at radius 2 is 1.83 bits per heavy atom. The maximum absolute atomic E-state index is 12.8. The van der Waals surface area contributed by atoms with Crippen LogP contribution in [-0.4, -0.2) is 48.0 Å². The van der Waals surface area contributed by atoms with E-state index in [1.165, 1.54) is 0 Å². The van der Waals surface area contributed by atoms with Gasteiger partial charge < -0.3 is 19.7 Å². The van der Waals surface area contributed by atoms with Crippen LogP contribution in [0.5, 0.6) is 23.0 Å². The van der Waals surface area contributed by atoms with E-state index in [0.717, 1.165) is 59.6 Å². The molecule has 35 heavy (non-hydrogen) atoms. The number of rotatable bonds is 7. The normalized spacial score (nSPS) is 19.9. The molecule has 0 amide bonds. The molecular formula is C29H30FNO4. The van der Waals surface area contributed by atoms with E-state index in [9.17, 15) is 14.6 Å². The molecule has 0 aromatic heterocycles. The number of fused-ring (bicyclic) bond motifs is 1. The number of aromatic hydroxyl groups is 2. The molecule has 0 aliphatic carbocycles. The van der Waals surface area contributed by atoms with Gasteiger partial charge in [0.15, 0.2) is 0 Å². The monoisotopic (exact) mass is 475 g/mol. The topological polar surface area (TPSA) is 62.2 Å². The fourth-order valence-corrected chi connectivity index (χ4v) is 4.99. The van der Waals surface area contributed by atoms with Gasteiger partial charge in [-0.1, -0.05) is 24.3 Å². The van der Waals surface area contributed by atoms with Crippen molar-refractivity contribution in [2.75, 3.05) is 32.9 Å². The van der Waals surface area contributed by atoms with Crippen LogP contribution < -0.4 is 9.47 Å². The summed E-state index contributed by atoms with van der Waals surface area (Å²) < 4.78 is 25.2. The molecular weight excluding hydrogens is 445 g/mol. The molecule has 6 heteroatoms. The molecule has 0 bridgehead atoms. The van der Waals surface area contributed by atoms with Crippen molar-refractivity contribution in [3.8, 4) is 23.0 Å². The summed E-state index contributed by atoms with van der Waals surface area (Å²) in [5.41, 5.74) is 4.56. The van der Waals surface area contributed by atoms with E-state index in [2.05, 4.69) is 4.90 Å². The van der Waals surface area contributed by atoms with Crippen molar-refractivity contribution in [1.82, 2.24) is 4.90 Å². The average Bonchev–Trinajstić information content (AvgIpc) is 3.33. The minimum atomic E-state index is -0.384. The Hall–Kier alpha value is -3.51. The Labute approximate surface area is 205 Å². The predicted molar refractivity (Wildman–Crippen MR) is 135 cm³/mol. The van der Waals surface area contributed by atoms with Crippen molar-refractivity contribution in [2.24, 2.45) is 5.92 Å². The molecule has 0 spiro atoms. The molecule has 2 heterocycles. The van der Waals surface area contributed by atoms with Crippen molar-refractivity contribution >= 4 is 11.1 Å². The van der Waals surface area contributed by atoms with Crippen LogP contribution in [0, 0.1) is 5.92 Å². The van der Waals surface area contributed by atoms with Crippen molar-refractivity contribution in [3.63, 3.8) is 0 Å². The van der Waals surface area contributed by atoms with Gasteiger partial charge in [-0.2, -0.15) is 0 Å². The molecule has 0 radical (unpaired) electrons. The highest BCUT2D eigenvalue weighted by molar-refractivity contribution is 5.95. The Kier molecular flexibility index (Phi) is 6.64. The molecule has 1 saturated heterocycles. The van der Waals surface area contributed by atoms with Gasteiger partial charge in [0.25, 0.3) is 0 Å². The maximum Gasteiger partial charge on any atom is 0.150 e. The van der Waals surface area contributed by atoms with Gasteiger partial charge >= 0.3 is 0 Å². The van der Waals surface area contributed by atoms with Crippen LogP contribution in [0.3, 0.4) is 0 Å². The van der Waals surface area contributed by atoms with E-state index in [-0.39, 0.29) is 30.2 Å². The summed E-state index contributed by atoms with van der Waals surface area (Å²) in [6, 6.07) is 20.1. The third-order valence-corrected chi connectivity index (χ3v) is 6.88. The van der Waals surface area contributed by atoms with Crippen LogP contribution in [-0.2, 0) is 0 Å². The average molecular weight is 476 g/mol. The Morgan fingerprint density at radius 1 is 1.03 bits per heavy atom. The number of allylic oxidation sites excluding steroid dienone is 1. The molecule has 1 fully saturated rings. The van der Waals surface area contributed by atoms with Crippen LogP contribution >= 0.6 is 0 Å². The molecule has 2 atom stereocenters. The lowest BCUT2D eigenvalue weighted by molar-refractivity contribution is 0.228. The number of alkyl halides is 1. The molecule has 1 unspecified atom stereocenters. The molecule has 3 aromatic carbocycles. The van der Waals surface area contributed by atoms with Gasteiger partial charge in [0, 0.05) is 30.1 Å². The number of hydrogen-bond acceptors (Lipinski definition) is 5. The Morgan fingerprint density at radius 3 is 2.57 bits per heavy atom. The first-order valence-corrected chi connectivity index (χ1v) is 12.0. The summed E-state index contributed by atoms with van der Waals surface area (Å²) in [4.78, 5) is 2.25. The minimum Gasteiger partial charge on any atom is -0.508 e. The highest BCUT2D eigenvalue weighted by atomic mass is 19.1. The zero-order valence-corrected chi connectivity index (χ0v) is 19.8. The standard InChI is InChI=1S/C29H30FNO4/c1-19-26-16-24(33)7-10-27(26)35-29(28(19)22-3-2-4-23(32)15-22)21-5-8-25(9-6-21)34-14-13-31-12-11-20(17-30)18-31/h2-10,15-16,20,29,32-33H,11-14,17-18H2,1H3/t20?,29-/m1/s1. The summed E-state index contributed by atoms with van der Waals surface area (Å²) in [5, 5.41) is 20.1. The first kappa shape index (κ1) is 23.2. The number of ether oxygens (including phenoxy) is 2. The highest BCUT2D eigenvalue weighted by Gasteiger charge is 2.30. The largest absolute Gasteiger partial charge is 0.508 e. The van der Waals surface area contributed by atoms with E-state index in [1.807, 2.05) is 43.3 Å². The number of halogens is 1. The minimum absolute atomic E-state index is 0.163. The smallest absolute Gasteiger partial charge is 0.150 e. The zero-order valence-electron chi connectivity index (χ0n) is 19.8. The van der Waals surface area contributed by atoms with Gasteiger partial charge in [0.05, 0.1) is 6.67 Å². The van der Waals surface area contributed by atoms with Crippen LogP contribution in [0.25, 0.3) is 11.1 Å². The molecule has 3 aromatic rings. The van der Waals surface area contributed by atoms with Crippen molar-refractivity contribution in [1.29, 1.82) is 0 Å². The second-order valence-electron chi connectivity index (χ2n) is 9.29. The Bertz CT molecular complexity index is 1220. The first-order chi connectivity index (χ1) is 17.0. The fraction of sp³-hybridized carbons (Fsp3) is 0.310. The van der Waals surface area contributed by atoms with E-state index in [0.29, 0.717) is 12.4 Å². The Balaban J connectivity index is 1.37. The van der Waals surface area contributed by atoms with E-state index < -0.39 is 0 Å². The second-order valence-corrected chi connectivity index (χ2v) is 9.29. The number of phenols is 2. The highest BCUT2D eigenvalue weighted by Crippen LogP contribution is 2.47. The van der Waals surface area contributed by atoms with Crippen molar-refractivity contribution < 1.29 is 24.1 Å². The van der Waals surface area contributed by atoms with Crippen LogP contribution in [0.4, 0.5) is 4.39 Å². The maximum atomic E-state index is 12.8. The summed E-state index contributed by atoms with van der Waals surface area (Å²) in [6.45, 7) is 4.85. The van der Waals surface area contributed by atoms with Gasteiger partial charge in [0.2, 0.25) is 0 Å². The zero-order chi connectivity index (χ0) is 24.4. The van der Waals surface area contributed by atoms with Crippen molar-refractivity contribution in [2.45, 2.75) is 19.4 Å². The summed E-state index contributed by atoms with van der Waals surface area (Å²) in [7, 11) is 0. The van der Waals surface area contributed by atoms with E-state index in [4.69, 9.17) is 9.47 Å². The lowest BCUT2D eigenvalue weighted by Gasteiger charge is -2.31. The first-order valence-electron chi connectivity index (χ1n) is 12.0. The van der Waals surface area contributed by atoms with Gasteiger partial charge in [0.1, 0.15) is 35.7 Å². The number of nitrogens with zero attached hydrogens (tertiary/aromatic N) is 1. The predicted octanol–water partition coefficient (Wildman–Crippen LogP) is 5.83. The molecule has 0 saturated carbocycles. The number of likely N-dealkylation sites (tertiary alicyclic amines) is 1. The number of benzene rings is 3. The fourth-order valence-electron chi connectivity index (χ4n) is 4.99. The van der Waals surface area contributed by atoms with Gasteiger partial charge in [-0.3, -0.25) is 9.29 Å². The molecule has 2 aliphatic rings. The van der Waals surface area contributed by atoms with Crippen molar-refractivity contribution in [3.05, 3.63) is 83.4 Å². The van der Waals surface area contributed by atoms with Gasteiger partial charge in [-0.25, -0.2) is 0 Å². The molecule has 5 nitrogen and oxygen atoms in total. The number of phenolic OH excluding ortho intramolecular Hbond substituents is 2. The summed E-state index contributed by atoms with van der Waals surface area (Å²) in [5.74, 6) is 2.00. The molecule has 2 aliphatic heterocycles. The lowest BCUT2D eigenvalue weighted by Crippen LogP contribution is -2.26. The summed E-state index contributed by atoms with van der Waals surface area (Å²) in [6.07, 6.45) is 0.536. The van der Waals surface area contributed by atoms with Gasteiger partial charge in [-0.15, -0.1) is 0 Å². The lowest BCUT2D eigenvalue weighted by atomic mass is 9.86. The third kappa shape index (κ3) is 4.98. The van der Waals surface area contributed by atoms with E-state index >= 15 is 0 Å². The molecule has 182 valence electrons. The molecule has 2 N–H and O–H groups in total. The third-order valence-electron chi connectivity index (χ3n) is 6.88. The quantitative estimate of drug-likeness (QED) is 0.450.